The Labute approximate surface area is 183 Å². The second kappa shape index (κ2) is 11.6. The van der Waals surface area contributed by atoms with Crippen molar-refractivity contribution in [3.05, 3.63) is 52.0 Å². The lowest BCUT2D eigenvalue weighted by Crippen LogP contribution is -2.48. The van der Waals surface area contributed by atoms with Crippen LogP contribution in [0.5, 0.6) is 0 Å². The average Bonchev–Trinajstić information content (AvgIpc) is 3.15. The molecule has 0 saturated carbocycles. The van der Waals surface area contributed by atoms with Crippen LogP contribution in [0.25, 0.3) is 0 Å². The highest BCUT2D eigenvalue weighted by molar-refractivity contribution is 14.0. The van der Waals surface area contributed by atoms with Gasteiger partial charge in [-0.2, -0.15) is 0 Å². The molecule has 1 aromatic carbocycles. The number of aromatic nitrogens is 1. The fraction of sp³-hybridized carbons (Fsp3) is 0.500. The van der Waals surface area contributed by atoms with Crippen LogP contribution >= 0.6 is 35.3 Å². The van der Waals surface area contributed by atoms with E-state index in [1.807, 2.05) is 13.2 Å². The Morgan fingerprint density at radius 3 is 2.63 bits per heavy atom. The maximum atomic E-state index is 4.46. The molecule has 1 fully saturated rings. The van der Waals surface area contributed by atoms with Crippen molar-refractivity contribution in [2.45, 2.75) is 45.3 Å². The van der Waals surface area contributed by atoms with Crippen LogP contribution in [0, 0.1) is 0 Å². The first-order chi connectivity index (χ1) is 12.8. The Morgan fingerprint density at radius 2 is 2.00 bits per heavy atom. The Kier molecular flexibility index (Phi) is 9.50. The van der Waals surface area contributed by atoms with E-state index in [9.17, 15) is 0 Å². The van der Waals surface area contributed by atoms with Gasteiger partial charge in [-0.3, -0.25) is 9.89 Å². The Morgan fingerprint density at radius 1 is 1.26 bits per heavy atom. The van der Waals surface area contributed by atoms with Gasteiger partial charge in [0.1, 0.15) is 5.01 Å². The summed E-state index contributed by atoms with van der Waals surface area (Å²) < 4.78 is 0. The minimum atomic E-state index is 0. The van der Waals surface area contributed by atoms with Gasteiger partial charge in [-0.25, -0.2) is 4.98 Å². The van der Waals surface area contributed by atoms with E-state index in [2.05, 4.69) is 62.8 Å². The van der Waals surface area contributed by atoms with Crippen LogP contribution in [-0.4, -0.2) is 42.0 Å². The molecule has 2 aromatic rings. The molecule has 1 saturated heterocycles. The number of aryl methyl sites for hydroxylation is 1. The number of hydrogen-bond acceptors (Lipinski definition) is 4. The molecule has 148 valence electrons. The van der Waals surface area contributed by atoms with Gasteiger partial charge in [-0.05, 0) is 24.8 Å². The molecule has 1 aromatic heterocycles. The molecule has 0 radical (unpaired) electrons. The lowest BCUT2D eigenvalue weighted by atomic mass is 10.0. The highest BCUT2D eigenvalue weighted by atomic mass is 127. The number of nitrogens with zero attached hydrogens (tertiary/aromatic N) is 3. The topological polar surface area (TPSA) is 52.6 Å². The van der Waals surface area contributed by atoms with E-state index in [-0.39, 0.29) is 24.0 Å². The summed E-state index contributed by atoms with van der Waals surface area (Å²) in [5, 5.41) is 8.08. The van der Waals surface area contributed by atoms with E-state index in [0.717, 1.165) is 56.4 Å². The molecule has 2 N–H and O–H groups in total. The molecular weight excluding hydrogens is 469 g/mol. The summed E-state index contributed by atoms with van der Waals surface area (Å²) >= 11 is 1.77. The normalized spacial score (nSPS) is 16.0. The van der Waals surface area contributed by atoms with Crippen molar-refractivity contribution in [3.63, 3.8) is 0 Å². The lowest BCUT2D eigenvalue weighted by molar-refractivity contribution is 0.198. The molecular formula is C20H30IN5S. The molecule has 3 rings (SSSR count). The van der Waals surface area contributed by atoms with Crippen LogP contribution in [-0.2, 0) is 19.5 Å². The van der Waals surface area contributed by atoms with Crippen molar-refractivity contribution in [2.75, 3.05) is 20.1 Å². The minimum absolute atomic E-state index is 0. The number of guanidine groups is 1. The van der Waals surface area contributed by atoms with Crippen LogP contribution in [0.1, 0.15) is 35.2 Å². The number of likely N-dealkylation sites (tertiary alicyclic amines) is 1. The minimum Gasteiger partial charge on any atom is -0.354 e. The predicted octanol–water partition coefficient (Wildman–Crippen LogP) is 3.65. The zero-order valence-electron chi connectivity index (χ0n) is 16.1. The van der Waals surface area contributed by atoms with E-state index in [0.29, 0.717) is 6.04 Å². The van der Waals surface area contributed by atoms with Crippen molar-refractivity contribution in [2.24, 2.45) is 4.99 Å². The summed E-state index contributed by atoms with van der Waals surface area (Å²) in [7, 11) is 1.83. The zero-order valence-corrected chi connectivity index (χ0v) is 19.3. The summed E-state index contributed by atoms with van der Waals surface area (Å²) in [6.45, 7) is 6.18. The maximum Gasteiger partial charge on any atom is 0.191 e. The van der Waals surface area contributed by atoms with Gasteiger partial charge in [0.2, 0.25) is 0 Å². The Hall–Kier alpha value is -1.19. The van der Waals surface area contributed by atoms with Crippen molar-refractivity contribution in [1.29, 1.82) is 0 Å². The molecule has 0 spiro atoms. The smallest absolute Gasteiger partial charge is 0.191 e. The summed E-state index contributed by atoms with van der Waals surface area (Å²) in [6.07, 6.45) is 5.31. The number of thiazole rings is 1. The van der Waals surface area contributed by atoms with Crippen LogP contribution in [0.2, 0.25) is 0 Å². The van der Waals surface area contributed by atoms with E-state index < -0.39 is 0 Å². The number of benzene rings is 1. The fourth-order valence-electron chi connectivity index (χ4n) is 3.22. The van der Waals surface area contributed by atoms with Crippen molar-refractivity contribution < 1.29 is 0 Å². The second-order valence-electron chi connectivity index (χ2n) is 6.68. The quantitative estimate of drug-likeness (QED) is 0.362. The molecule has 0 bridgehead atoms. The molecule has 27 heavy (non-hydrogen) atoms. The van der Waals surface area contributed by atoms with E-state index in [4.69, 9.17) is 0 Å². The van der Waals surface area contributed by atoms with Gasteiger partial charge >= 0.3 is 0 Å². The highest BCUT2D eigenvalue weighted by Gasteiger charge is 2.20. The number of nitrogens with one attached hydrogen (secondary N) is 2. The van der Waals surface area contributed by atoms with Crippen molar-refractivity contribution in [1.82, 2.24) is 20.5 Å². The van der Waals surface area contributed by atoms with Gasteiger partial charge < -0.3 is 10.6 Å². The summed E-state index contributed by atoms with van der Waals surface area (Å²) in [5.41, 5.74) is 1.39. The fourth-order valence-corrected chi connectivity index (χ4v) is 4.02. The lowest BCUT2D eigenvalue weighted by Gasteiger charge is -2.33. The first-order valence-electron chi connectivity index (χ1n) is 9.44. The van der Waals surface area contributed by atoms with E-state index >= 15 is 0 Å². The van der Waals surface area contributed by atoms with Gasteiger partial charge in [0.15, 0.2) is 5.96 Å². The van der Waals surface area contributed by atoms with Crippen molar-refractivity contribution >= 4 is 41.3 Å². The molecule has 0 atom stereocenters. The number of aliphatic imine (C=N–C) groups is 1. The van der Waals surface area contributed by atoms with E-state index in [1.54, 1.807) is 11.3 Å². The molecule has 0 aliphatic carbocycles. The van der Waals surface area contributed by atoms with Crippen molar-refractivity contribution in [3.8, 4) is 0 Å². The number of hydrogen-bond donors (Lipinski definition) is 2. The Bertz CT molecular complexity index is 695. The SMILES string of the molecule is CCc1cnc(CNC(=NC)NC2CCN(Cc3ccccc3)CC2)s1.I. The monoisotopic (exact) mass is 499 g/mol. The van der Waals surface area contributed by atoms with Gasteiger partial charge in [0, 0.05) is 43.8 Å². The maximum absolute atomic E-state index is 4.46. The number of halogens is 1. The molecule has 7 heteroatoms. The predicted molar refractivity (Wildman–Crippen MR) is 125 cm³/mol. The molecule has 2 heterocycles. The van der Waals surface area contributed by atoms with Crippen LogP contribution in [0.4, 0.5) is 0 Å². The average molecular weight is 499 g/mol. The number of rotatable bonds is 6. The third kappa shape index (κ3) is 7.04. The van der Waals surface area contributed by atoms with Crippen LogP contribution < -0.4 is 10.6 Å². The van der Waals surface area contributed by atoms with E-state index in [1.165, 1.54) is 10.4 Å². The van der Waals surface area contributed by atoms with Gasteiger partial charge in [0.05, 0.1) is 6.54 Å². The summed E-state index contributed by atoms with van der Waals surface area (Å²) in [4.78, 5) is 12.7. The first kappa shape index (κ1) is 22.1. The zero-order chi connectivity index (χ0) is 18.2. The summed E-state index contributed by atoms with van der Waals surface area (Å²) in [6, 6.07) is 11.2. The largest absolute Gasteiger partial charge is 0.354 e. The third-order valence-corrected chi connectivity index (χ3v) is 5.90. The third-order valence-electron chi connectivity index (χ3n) is 4.76. The number of piperidine rings is 1. The molecule has 1 aliphatic rings. The molecule has 0 amide bonds. The van der Waals surface area contributed by atoms with Gasteiger partial charge in [-0.1, -0.05) is 37.3 Å². The van der Waals surface area contributed by atoms with Crippen LogP contribution in [0.15, 0.2) is 41.5 Å². The summed E-state index contributed by atoms with van der Waals surface area (Å²) in [5.74, 6) is 0.875. The molecule has 0 unspecified atom stereocenters. The second-order valence-corrected chi connectivity index (χ2v) is 7.88. The molecule has 5 nitrogen and oxygen atoms in total. The first-order valence-corrected chi connectivity index (χ1v) is 10.3. The highest BCUT2D eigenvalue weighted by Crippen LogP contribution is 2.15. The standard InChI is InChI=1S/C20H29N5S.HI/c1-3-18-13-22-19(26-18)14-23-20(21-2)24-17-9-11-25(12-10-17)15-16-7-5-4-6-8-16;/h4-8,13,17H,3,9-12,14-15H2,1-2H3,(H2,21,23,24);1H. The Balaban J connectivity index is 0.00000261. The van der Waals surface area contributed by atoms with Gasteiger partial charge in [-0.15, -0.1) is 35.3 Å². The van der Waals surface area contributed by atoms with Crippen LogP contribution in [0.3, 0.4) is 0 Å². The van der Waals surface area contributed by atoms with Gasteiger partial charge in [0.25, 0.3) is 0 Å². The molecule has 1 aliphatic heterocycles.